The summed E-state index contributed by atoms with van der Waals surface area (Å²) < 4.78 is 7.33. The first-order chi connectivity index (χ1) is 18.9. The third-order valence-electron chi connectivity index (χ3n) is 7.10. The highest BCUT2D eigenvalue weighted by Crippen LogP contribution is 2.28. The Morgan fingerprint density at radius 3 is 2.33 bits per heavy atom. The number of benzene rings is 3. The number of carbonyl (C=O) groups excluding carboxylic acids is 1. The Hall–Kier alpha value is -3.39. The van der Waals surface area contributed by atoms with Crippen LogP contribution < -0.4 is 10.3 Å². The molecule has 0 radical (unpaired) electrons. The average Bonchev–Trinajstić information content (AvgIpc) is 2.96. The van der Waals surface area contributed by atoms with Crippen molar-refractivity contribution in [2.24, 2.45) is 0 Å². The van der Waals surface area contributed by atoms with E-state index >= 15 is 0 Å². The molecular formula is C30H30Cl2N4O3. The predicted octanol–water partition coefficient (Wildman–Crippen LogP) is 6.00. The Bertz CT molecular complexity index is 1550. The van der Waals surface area contributed by atoms with Gasteiger partial charge in [-0.25, -0.2) is 4.98 Å². The maximum atomic E-state index is 13.8. The van der Waals surface area contributed by atoms with Gasteiger partial charge in [0.25, 0.3) is 11.5 Å². The van der Waals surface area contributed by atoms with E-state index in [9.17, 15) is 9.59 Å². The fourth-order valence-electron chi connectivity index (χ4n) is 5.13. The van der Waals surface area contributed by atoms with Gasteiger partial charge < -0.3 is 9.64 Å². The lowest BCUT2D eigenvalue weighted by Gasteiger charge is -2.39. The second kappa shape index (κ2) is 11.8. The largest absolute Gasteiger partial charge is 0.494 e. The van der Waals surface area contributed by atoms with Crippen molar-refractivity contribution >= 4 is 40.0 Å². The van der Waals surface area contributed by atoms with Gasteiger partial charge in [0.05, 0.1) is 39.3 Å². The number of hydrogen-bond acceptors (Lipinski definition) is 5. The van der Waals surface area contributed by atoms with Gasteiger partial charge in [0.15, 0.2) is 0 Å². The normalized spacial score (nSPS) is 14.9. The summed E-state index contributed by atoms with van der Waals surface area (Å²) in [5.41, 5.74) is 1.83. The van der Waals surface area contributed by atoms with E-state index in [2.05, 4.69) is 11.8 Å². The van der Waals surface area contributed by atoms with Gasteiger partial charge in [-0.3, -0.25) is 19.1 Å². The number of amides is 1. The van der Waals surface area contributed by atoms with Crippen LogP contribution in [-0.2, 0) is 0 Å². The first-order valence-electron chi connectivity index (χ1n) is 13.1. The number of nitrogens with zero attached hydrogens (tertiary/aromatic N) is 4. The molecule has 1 unspecified atom stereocenters. The van der Waals surface area contributed by atoms with Crippen molar-refractivity contribution in [3.8, 4) is 11.4 Å². The molecule has 202 valence electrons. The second-order valence-electron chi connectivity index (χ2n) is 9.44. The molecule has 0 saturated carbocycles. The summed E-state index contributed by atoms with van der Waals surface area (Å²) >= 11 is 12.2. The molecule has 4 aromatic rings. The van der Waals surface area contributed by atoms with E-state index < -0.39 is 0 Å². The summed E-state index contributed by atoms with van der Waals surface area (Å²) in [6, 6.07) is 19.8. The molecule has 1 amide bonds. The van der Waals surface area contributed by atoms with Crippen molar-refractivity contribution in [3.05, 3.63) is 98.5 Å². The van der Waals surface area contributed by atoms with Gasteiger partial charge in [-0.05, 0) is 67.9 Å². The molecule has 0 aliphatic carbocycles. The molecule has 39 heavy (non-hydrogen) atoms. The van der Waals surface area contributed by atoms with E-state index in [0.717, 1.165) is 17.9 Å². The zero-order valence-electron chi connectivity index (χ0n) is 21.9. The van der Waals surface area contributed by atoms with E-state index in [0.29, 0.717) is 65.1 Å². The Morgan fingerprint density at radius 2 is 1.67 bits per heavy atom. The lowest BCUT2D eigenvalue weighted by Crippen LogP contribution is -2.50. The number of rotatable bonds is 7. The Morgan fingerprint density at radius 1 is 0.949 bits per heavy atom. The number of aromatic nitrogens is 2. The van der Waals surface area contributed by atoms with E-state index in [1.54, 1.807) is 22.8 Å². The van der Waals surface area contributed by atoms with Crippen LogP contribution in [-0.4, -0.2) is 58.0 Å². The molecule has 7 nitrogen and oxygen atoms in total. The number of ether oxygens (including phenoxy) is 1. The van der Waals surface area contributed by atoms with Crippen LogP contribution in [0.3, 0.4) is 0 Å². The smallest absolute Gasteiger partial charge is 0.266 e. The number of para-hydroxylation sites is 1. The van der Waals surface area contributed by atoms with Gasteiger partial charge in [-0.15, -0.1) is 0 Å². The van der Waals surface area contributed by atoms with Gasteiger partial charge in [0.1, 0.15) is 11.6 Å². The highest BCUT2D eigenvalue weighted by Gasteiger charge is 2.30. The molecule has 1 atom stereocenters. The van der Waals surface area contributed by atoms with Crippen LogP contribution in [0.2, 0.25) is 10.0 Å². The highest BCUT2D eigenvalue weighted by atomic mass is 35.5. The maximum absolute atomic E-state index is 13.8. The zero-order chi connectivity index (χ0) is 27.5. The van der Waals surface area contributed by atoms with Crippen LogP contribution in [0.25, 0.3) is 16.6 Å². The van der Waals surface area contributed by atoms with Crippen LogP contribution in [0, 0.1) is 0 Å². The second-order valence-corrected chi connectivity index (χ2v) is 10.3. The van der Waals surface area contributed by atoms with E-state index in [1.807, 2.05) is 60.4 Å². The molecule has 2 heterocycles. The molecule has 1 aromatic heterocycles. The van der Waals surface area contributed by atoms with Crippen LogP contribution >= 0.6 is 23.2 Å². The minimum absolute atomic E-state index is 0.0728. The molecule has 3 aromatic carbocycles. The Labute approximate surface area is 237 Å². The number of halogens is 2. The average molecular weight is 566 g/mol. The molecule has 1 fully saturated rings. The summed E-state index contributed by atoms with van der Waals surface area (Å²) in [6.45, 7) is 7.01. The summed E-state index contributed by atoms with van der Waals surface area (Å²) in [6.07, 6.45) is 0.753. The minimum Gasteiger partial charge on any atom is -0.494 e. The van der Waals surface area contributed by atoms with Crippen LogP contribution in [0.15, 0.2) is 71.5 Å². The third-order valence-corrected chi connectivity index (χ3v) is 7.84. The fourth-order valence-corrected chi connectivity index (χ4v) is 5.43. The summed E-state index contributed by atoms with van der Waals surface area (Å²) in [5.74, 6) is 1.37. The fraction of sp³-hybridized carbons (Fsp3) is 0.300. The maximum Gasteiger partial charge on any atom is 0.266 e. The predicted molar refractivity (Wildman–Crippen MR) is 155 cm³/mol. The molecular weight excluding hydrogens is 535 g/mol. The Balaban J connectivity index is 1.46. The summed E-state index contributed by atoms with van der Waals surface area (Å²) in [4.78, 5) is 36.1. The molecule has 0 bridgehead atoms. The Kier molecular flexibility index (Phi) is 8.21. The zero-order valence-corrected chi connectivity index (χ0v) is 23.5. The first kappa shape index (κ1) is 27.2. The van der Waals surface area contributed by atoms with Crippen molar-refractivity contribution in [1.82, 2.24) is 19.4 Å². The number of hydrogen-bond donors (Lipinski definition) is 0. The summed E-state index contributed by atoms with van der Waals surface area (Å²) in [7, 11) is 0. The van der Waals surface area contributed by atoms with Crippen LogP contribution in [0.1, 0.15) is 42.5 Å². The lowest BCUT2D eigenvalue weighted by molar-refractivity contribution is 0.0551. The van der Waals surface area contributed by atoms with Crippen LogP contribution in [0.4, 0.5) is 0 Å². The number of piperazine rings is 1. The van der Waals surface area contributed by atoms with Crippen molar-refractivity contribution < 1.29 is 9.53 Å². The van der Waals surface area contributed by atoms with Gasteiger partial charge in [-0.2, -0.15) is 0 Å². The molecule has 1 saturated heterocycles. The van der Waals surface area contributed by atoms with Crippen molar-refractivity contribution in [3.63, 3.8) is 0 Å². The topological polar surface area (TPSA) is 67.7 Å². The molecule has 5 rings (SSSR count). The lowest BCUT2D eigenvalue weighted by atomic mass is 10.1. The standard InChI is InChI=1S/C30H30Cl2N4O3/c1-3-27(34-15-17-35(18-16-34)29(37)20-9-14-24(31)25(32)19-20)28-33-26-8-6-5-7-23(26)30(38)36(28)21-10-12-22(13-11-21)39-4-2/h5-14,19,27H,3-4,15-18H2,1-2H3. The van der Waals surface area contributed by atoms with E-state index in [-0.39, 0.29) is 17.5 Å². The molecule has 1 aliphatic heterocycles. The number of fused-ring (bicyclic) bond motifs is 1. The monoisotopic (exact) mass is 564 g/mol. The van der Waals surface area contributed by atoms with Crippen LogP contribution in [0.5, 0.6) is 5.75 Å². The van der Waals surface area contributed by atoms with E-state index in [4.69, 9.17) is 32.9 Å². The van der Waals surface area contributed by atoms with Crippen molar-refractivity contribution in [2.45, 2.75) is 26.3 Å². The van der Waals surface area contributed by atoms with Crippen molar-refractivity contribution in [1.29, 1.82) is 0 Å². The summed E-state index contributed by atoms with van der Waals surface area (Å²) in [5, 5.41) is 1.36. The molecule has 9 heteroatoms. The number of carbonyl (C=O) groups is 1. The molecule has 1 aliphatic rings. The van der Waals surface area contributed by atoms with Gasteiger partial charge in [0, 0.05) is 31.7 Å². The molecule has 0 spiro atoms. The van der Waals surface area contributed by atoms with Crippen molar-refractivity contribution in [2.75, 3.05) is 32.8 Å². The first-order valence-corrected chi connectivity index (χ1v) is 13.9. The van der Waals surface area contributed by atoms with Gasteiger partial charge in [0.2, 0.25) is 0 Å². The van der Waals surface area contributed by atoms with E-state index in [1.165, 1.54) is 0 Å². The molecule has 0 N–H and O–H groups in total. The van der Waals surface area contributed by atoms with Gasteiger partial charge in [-0.1, -0.05) is 42.3 Å². The third kappa shape index (κ3) is 5.53. The highest BCUT2D eigenvalue weighted by molar-refractivity contribution is 6.42. The quantitative estimate of drug-likeness (QED) is 0.275. The minimum atomic E-state index is -0.115. The van der Waals surface area contributed by atoms with Gasteiger partial charge >= 0.3 is 0 Å². The SMILES string of the molecule is CCOc1ccc(-n2c(C(CC)N3CCN(C(=O)c4ccc(Cl)c(Cl)c4)CC3)nc3ccccc3c2=O)cc1.